The molecule has 0 amide bonds. The van der Waals surface area contributed by atoms with E-state index in [9.17, 15) is 4.39 Å². The number of pyridine rings is 1. The molecule has 7 heteroatoms. The van der Waals surface area contributed by atoms with Crippen molar-refractivity contribution in [2.45, 2.75) is 18.9 Å². The van der Waals surface area contributed by atoms with E-state index in [4.69, 9.17) is 0 Å². The molecule has 3 heterocycles. The minimum Gasteiger partial charge on any atom is -0.339 e. The van der Waals surface area contributed by atoms with Gasteiger partial charge in [-0.15, -0.1) is 5.10 Å². The van der Waals surface area contributed by atoms with Gasteiger partial charge in [0.15, 0.2) is 11.6 Å². The molecular formula is C13H17FN6. The quantitative estimate of drug-likeness (QED) is 0.881. The fraction of sp³-hybridized carbons (Fsp3) is 0.462. The van der Waals surface area contributed by atoms with Gasteiger partial charge < -0.3 is 10.2 Å². The second kappa shape index (κ2) is 5.54. The zero-order valence-corrected chi connectivity index (χ0v) is 11.3. The Morgan fingerprint density at radius 2 is 2.20 bits per heavy atom. The molecule has 0 bridgehead atoms. The third-order valence-electron chi connectivity index (χ3n) is 3.69. The topological polar surface area (TPSA) is 69.7 Å². The first-order valence-electron chi connectivity index (χ1n) is 6.72. The minimum atomic E-state index is -0.399. The Kier molecular flexibility index (Phi) is 3.60. The van der Waals surface area contributed by atoms with Crippen molar-refractivity contribution in [2.24, 2.45) is 0 Å². The molecule has 3 rings (SSSR count). The lowest BCUT2D eigenvalue weighted by Crippen LogP contribution is -2.41. The Morgan fingerprint density at radius 1 is 1.40 bits per heavy atom. The second-order valence-corrected chi connectivity index (χ2v) is 4.89. The first-order valence-corrected chi connectivity index (χ1v) is 6.72. The summed E-state index contributed by atoms with van der Waals surface area (Å²) in [4.78, 5) is 10.2. The van der Waals surface area contributed by atoms with Crippen molar-refractivity contribution in [3.05, 3.63) is 24.3 Å². The fourth-order valence-electron chi connectivity index (χ4n) is 2.45. The molecule has 0 radical (unpaired) electrons. The number of nitrogens with one attached hydrogen (secondary N) is 2. The Balaban J connectivity index is 1.76. The van der Waals surface area contributed by atoms with Crippen LogP contribution in [0, 0.1) is 5.82 Å². The number of nitrogens with zero attached hydrogens (tertiary/aromatic N) is 4. The van der Waals surface area contributed by atoms with E-state index < -0.39 is 5.82 Å². The molecule has 1 aliphatic heterocycles. The van der Waals surface area contributed by atoms with Gasteiger partial charge in [0.2, 0.25) is 5.95 Å². The summed E-state index contributed by atoms with van der Waals surface area (Å²) in [6.45, 7) is 1.81. The maximum absolute atomic E-state index is 13.7. The lowest BCUT2D eigenvalue weighted by Gasteiger charge is -2.30. The molecule has 0 aliphatic carbocycles. The number of piperidine rings is 1. The first-order chi connectivity index (χ1) is 9.78. The van der Waals surface area contributed by atoms with Gasteiger partial charge >= 0.3 is 0 Å². The fourth-order valence-corrected chi connectivity index (χ4v) is 2.45. The van der Waals surface area contributed by atoms with Crippen LogP contribution in [-0.2, 0) is 0 Å². The van der Waals surface area contributed by atoms with Gasteiger partial charge in [-0.1, -0.05) is 0 Å². The molecular weight excluding hydrogens is 259 g/mol. The Hall–Kier alpha value is -2.02. The van der Waals surface area contributed by atoms with Crippen molar-refractivity contribution >= 4 is 5.95 Å². The van der Waals surface area contributed by atoms with Crippen molar-refractivity contribution in [1.82, 2.24) is 25.5 Å². The zero-order chi connectivity index (χ0) is 13.9. The highest BCUT2D eigenvalue weighted by Crippen LogP contribution is 2.21. The van der Waals surface area contributed by atoms with Crippen molar-refractivity contribution in [3.8, 4) is 11.4 Å². The van der Waals surface area contributed by atoms with Crippen LogP contribution < -0.4 is 10.2 Å². The Bertz CT molecular complexity index is 576. The maximum atomic E-state index is 13.7. The molecule has 6 nitrogen and oxygen atoms in total. The molecule has 1 aliphatic rings. The Labute approximate surface area is 116 Å². The lowest BCUT2D eigenvalue weighted by molar-refractivity contribution is 0.439. The van der Waals surface area contributed by atoms with Crippen LogP contribution in [0.25, 0.3) is 11.4 Å². The highest BCUT2D eigenvalue weighted by molar-refractivity contribution is 5.56. The SMILES string of the molecule is CNC1CCN(c2n[nH]c(-c3ccncc3F)n2)CC1. The summed E-state index contributed by atoms with van der Waals surface area (Å²) in [6, 6.07) is 2.15. The highest BCUT2D eigenvalue weighted by Gasteiger charge is 2.21. The van der Waals surface area contributed by atoms with E-state index in [1.54, 1.807) is 12.3 Å². The standard InChI is InChI=1S/C13H17FN6/c1-15-9-3-6-20(7-4-9)13-17-12(18-19-13)10-2-5-16-8-11(10)14/h2,5,8-9,15H,3-4,6-7H2,1H3,(H,17,18,19). The van der Waals surface area contributed by atoms with Crippen LogP contribution in [0.3, 0.4) is 0 Å². The predicted octanol–water partition coefficient (Wildman–Crippen LogP) is 1.19. The van der Waals surface area contributed by atoms with Gasteiger partial charge in [0.05, 0.1) is 11.8 Å². The average molecular weight is 276 g/mol. The van der Waals surface area contributed by atoms with E-state index in [2.05, 4.69) is 30.4 Å². The van der Waals surface area contributed by atoms with Crippen LogP contribution in [0.1, 0.15) is 12.8 Å². The third kappa shape index (κ3) is 2.49. The van der Waals surface area contributed by atoms with E-state index in [-0.39, 0.29) is 0 Å². The molecule has 0 aromatic carbocycles. The minimum absolute atomic E-state index is 0.392. The van der Waals surface area contributed by atoms with Gasteiger partial charge in [-0.2, -0.15) is 4.98 Å². The lowest BCUT2D eigenvalue weighted by atomic mass is 10.1. The number of rotatable bonds is 3. The number of H-pyrrole nitrogens is 1. The second-order valence-electron chi connectivity index (χ2n) is 4.89. The largest absolute Gasteiger partial charge is 0.339 e. The molecule has 0 saturated carbocycles. The van der Waals surface area contributed by atoms with Crippen LogP contribution in [0.15, 0.2) is 18.5 Å². The van der Waals surface area contributed by atoms with Crippen molar-refractivity contribution in [1.29, 1.82) is 0 Å². The zero-order valence-electron chi connectivity index (χ0n) is 11.3. The summed E-state index contributed by atoms with van der Waals surface area (Å²) in [6.07, 6.45) is 4.84. The van der Waals surface area contributed by atoms with Gasteiger partial charge in [-0.3, -0.25) is 10.1 Å². The number of aromatic amines is 1. The molecule has 0 spiro atoms. The van der Waals surface area contributed by atoms with Gasteiger partial charge in [0, 0.05) is 25.3 Å². The van der Waals surface area contributed by atoms with Gasteiger partial charge in [-0.05, 0) is 26.0 Å². The monoisotopic (exact) mass is 276 g/mol. The number of anilines is 1. The van der Waals surface area contributed by atoms with Gasteiger partial charge in [0.25, 0.3) is 0 Å². The predicted molar refractivity (Wildman–Crippen MR) is 73.9 cm³/mol. The van der Waals surface area contributed by atoms with Crippen LogP contribution >= 0.6 is 0 Å². The molecule has 2 N–H and O–H groups in total. The molecule has 0 atom stereocenters. The molecule has 1 fully saturated rings. The first kappa shape index (κ1) is 13.0. The van der Waals surface area contributed by atoms with Crippen LogP contribution in [-0.4, -0.2) is 46.3 Å². The van der Waals surface area contributed by atoms with Crippen LogP contribution in [0.5, 0.6) is 0 Å². The van der Waals surface area contributed by atoms with Crippen molar-refractivity contribution in [3.63, 3.8) is 0 Å². The van der Waals surface area contributed by atoms with Crippen LogP contribution in [0.2, 0.25) is 0 Å². The van der Waals surface area contributed by atoms with Gasteiger partial charge in [0.1, 0.15) is 0 Å². The summed E-state index contributed by atoms with van der Waals surface area (Å²) < 4.78 is 13.7. The van der Waals surface area contributed by atoms with Crippen molar-refractivity contribution < 1.29 is 4.39 Å². The van der Waals surface area contributed by atoms with Crippen LogP contribution in [0.4, 0.5) is 10.3 Å². The van der Waals surface area contributed by atoms with E-state index in [1.807, 2.05) is 7.05 Å². The van der Waals surface area contributed by atoms with E-state index >= 15 is 0 Å². The third-order valence-corrected chi connectivity index (χ3v) is 3.69. The highest BCUT2D eigenvalue weighted by atomic mass is 19.1. The number of halogens is 1. The smallest absolute Gasteiger partial charge is 0.245 e. The summed E-state index contributed by atoms with van der Waals surface area (Å²) in [5, 5.41) is 10.3. The number of hydrogen-bond donors (Lipinski definition) is 2. The molecule has 20 heavy (non-hydrogen) atoms. The normalized spacial score (nSPS) is 16.6. The average Bonchev–Trinajstić information content (AvgIpc) is 2.97. The molecule has 0 unspecified atom stereocenters. The van der Waals surface area contributed by atoms with Crippen molar-refractivity contribution in [2.75, 3.05) is 25.0 Å². The van der Waals surface area contributed by atoms with E-state index in [0.29, 0.717) is 23.4 Å². The summed E-state index contributed by atoms with van der Waals surface area (Å²) in [7, 11) is 1.98. The van der Waals surface area contributed by atoms with E-state index in [0.717, 1.165) is 25.9 Å². The van der Waals surface area contributed by atoms with E-state index in [1.165, 1.54) is 6.20 Å². The summed E-state index contributed by atoms with van der Waals surface area (Å²) in [5.41, 5.74) is 0.392. The number of hydrogen-bond acceptors (Lipinski definition) is 5. The summed E-state index contributed by atoms with van der Waals surface area (Å²) >= 11 is 0. The summed E-state index contributed by atoms with van der Waals surface area (Å²) in [5.74, 6) is 0.672. The molecule has 106 valence electrons. The van der Waals surface area contributed by atoms with Gasteiger partial charge in [-0.25, -0.2) is 4.39 Å². The molecule has 1 saturated heterocycles. The number of aromatic nitrogens is 4. The maximum Gasteiger partial charge on any atom is 0.245 e. The molecule has 2 aromatic rings. The molecule has 2 aromatic heterocycles. The Morgan fingerprint density at radius 3 is 2.90 bits per heavy atom.